The van der Waals surface area contributed by atoms with E-state index in [-0.39, 0.29) is 5.91 Å². The van der Waals surface area contributed by atoms with Gasteiger partial charge in [-0.05, 0) is 12.1 Å². The Labute approximate surface area is 97.7 Å². The molecule has 2 aromatic heterocycles. The summed E-state index contributed by atoms with van der Waals surface area (Å²) in [5.41, 5.74) is 0.495. The highest BCUT2D eigenvalue weighted by Gasteiger charge is 2.10. The van der Waals surface area contributed by atoms with E-state index in [1.165, 1.54) is 6.33 Å². The molecular formula is C10H12N6O. The lowest BCUT2D eigenvalue weighted by atomic mass is 10.2. The largest absolute Gasteiger partial charge is 0.372 e. The molecule has 0 aromatic carbocycles. The fourth-order valence-electron chi connectivity index (χ4n) is 1.36. The van der Waals surface area contributed by atoms with Gasteiger partial charge in [0.05, 0.1) is 12.1 Å². The van der Waals surface area contributed by atoms with Crippen LogP contribution in [0.5, 0.6) is 0 Å². The van der Waals surface area contributed by atoms with E-state index in [2.05, 4.69) is 30.8 Å². The maximum Gasteiger partial charge on any atom is 0.255 e. The van der Waals surface area contributed by atoms with E-state index in [1.54, 1.807) is 25.4 Å². The lowest BCUT2D eigenvalue weighted by Gasteiger charge is -2.07. The maximum atomic E-state index is 11.9. The predicted molar refractivity (Wildman–Crippen MR) is 61.3 cm³/mol. The van der Waals surface area contributed by atoms with Crippen LogP contribution in [0.2, 0.25) is 0 Å². The Bertz CT molecular complexity index is 495. The van der Waals surface area contributed by atoms with Gasteiger partial charge in [-0.2, -0.15) is 5.10 Å². The molecule has 0 aliphatic carbocycles. The molecule has 0 radical (unpaired) electrons. The summed E-state index contributed by atoms with van der Waals surface area (Å²) in [5.74, 6) is 0.940. The molecule has 0 saturated heterocycles. The van der Waals surface area contributed by atoms with Crippen LogP contribution >= 0.6 is 0 Å². The first-order chi connectivity index (χ1) is 8.31. The number of amides is 1. The fraction of sp³-hybridized carbons (Fsp3) is 0.200. The maximum absolute atomic E-state index is 11.9. The first-order valence-corrected chi connectivity index (χ1v) is 5.06. The van der Waals surface area contributed by atoms with Crippen molar-refractivity contribution >= 4 is 11.7 Å². The first kappa shape index (κ1) is 11.1. The number of hydrogen-bond acceptors (Lipinski definition) is 5. The Balaban J connectivity index is 2.04. The van der Waals surface area contributed by atoms with Gasteiger partial charge in [0.1, 0.15) is 18.0 Å². The van der Waals surface area contributed by atoms with E-state index >= 15 is 0 Å². The van der Waals surface area contributed by atoms with Crippen molar-refractivity contribution in [1.82, 2.24) is 25.5 Å². The molecule has 17 heavy (non-hydrogen) atoms. The molecule has 0 atom stereocenters. The van der Waals surface area contributed by atoms with E-state index < -0.39 is 0 Å². The molecule has 0 saturated carbocycles. The minimum atomic E-state index is -0.209. The standard InChI is InChI=1S/C10H12N6O/c1-11-9-7(3-2-4-12-9)10(17)13-5-8-14-6-15-16-8/h2-4,6H,5H2,1H3,(H,11,12)(H,13,17)(H,14,15,16). The van der Waals surface area contributed by atoms with Gasteiger partial charge in [-0.25, -0.2) is 9.97 Å². The molecule has 2 rings (SSSR count). The van der Waals surface area contributed by atoms with Gasteiger partial charge >= 0.3 is 0 Å². The second-order valence-corrected chi connectivity index (χ2v) is 3.26. The summed E-state index contributed by atoms with van der Waals surface area (Å²) in [4.78, 5) is 19.8. The molecular weight excluding hydrogens is 220 g/mol. The average Bonchev–Trinajstić information content (AvgIpc) is 2.89. The Kier molecular flexibility index (Phi) is 3.29. The molecule has 88 valence electrons. The summed E-state index contributed by atoms with van der Waals surface area (Å²) < 4.78 is 0. The summed E-state index contributed by atoms with van der Waals surface area (Å²) >= 11 is 0. The predicted octanol–water partition coefficient (Wildman–Crippen LogP) is 0.171. The molecule has 0 unspecified atom stereocenters. The van der Waals surface area contributed by atoms with Gasteiger partial charge in [-0.3, -0.25) is 9.89 Å². The lowest BCUT2D eigenvalue weighted by Crippen LogP contribution is -2.24. The number of hydrogen-bond donors (Lipinski definition) is 3. The quantitative estimate of drug-likeness (QED) is 0.698. The highest BCUT2D eigenvalue weighted by atomic mass is 16.1. The Hall–Kier alpha value is -2.44. The van der Waals surface area contributed by atoms with E-state index in [0.717, 1.165) is 0 Å². The summed E-state index contributed by atoms with van der Waals surface area (Å²) in [7, 11) is 1.72. The zero-order valence-corrected chi connectivity index (χ0v) is 9.27. The van der Waals surface area contributed by atoms with Gasteiger partial charge < -0.3 is 10.6 Å². The number of nitrogens with zero attached hydrogens (tertiary/aromatic N) is 3. The lowest BCUT2D eigenvalue weighted by molar-refractivity contribution is 0.0950. The molecule has 7 nitrogen and oxygen atoms in total. The fourth-order valence-corrected chi connectivity index (χ4v) is 1.36. The number of pyridine rings is 1. The van der Waals surface area contributed by atoms with E-state index in [4.69, 9.17) is 0 Å². The number of H-pyrrole nitrogens is 1. The monoisotopic (exact) mass is 232 g/mol. The van der Waals surface area contributed by atoms with Crippen molar-refractivity contribution in [2.24, 2.45) is 0 Å². The molecule has 0 aliphatic rings. The molecule has 2 heterocycles. The van der Waals surface area contributed by atoms with Crippen molar-refractivity contribution in [1.29, 1.82) is 0 Å². The van der Waals surface area contributed by atoms with E-state index in [9.17, 15) is 4.79 Å². The average molecular weight is 232 g/mol. The summed E-state index contributed by atoms with van der Waals surface area (Å²) in [6.45, 7) is 0.302. The zero-order valence-electron chi connectivity index (χ0n) is 9.27. The van der Waals surface area contributed by atoms with Crippen molar-refractivity contribution in [2.45, 2.75) is 6.54 Å². The molecule has 1 amide bonds. The minimum Gasteiger partial charge on any atom is -0.372 e. The van der Waals surface area contributed by atoms with E-state index in [1.807, 2.05) is 0 Å². The summed E-state index contributed by atoms with van der Waals surface area (Å²) in [6.07, 6.45) is 3.02. The SMILES string of the molecule is CNc1ncccc1C(=O)NCc1ncn[nH]1. The van der Waals surface area contributed by atoms with Gasteiger partial charge in [0.25, 0.3) is 5.91 Å². The van der Waals surface area contributed by atoms with Gasteiger partial charge in [0.15, 0.2) is 0 Å². The van der Waals surface area contributed by atoms with Crippen LogP contribution in [0.4, 0.5) is 5.82 Å². The van der Waals surface area contributed by atoms with Crippen molar-refractivity contribution < 1.29 is 4.79 Å². The number of carbonyl (C=O) groups is 1. The number of nitrogens with one attached hydrogen (secondary N) is 3. The number of anilines is 1. The number of rotatable bonds is 4. The molecule has 7 heteroatoms. The molecule has 0 spiro atoms. The highest BCUT2D eigenvalue weighted by molar-refractivity contribution is 5.98. The van der Waals surface area contributed by atoms with Crippen LogP contribution in [0.25, 0.3) is 0 Å². The summed E-state index contributed by atoms with van der Waals surface area (Å²) in [5, 5.41) is 11.9. The number of aromatic amines is 1. The summed E-state index contributed by atoms with van der Waals surface area (Å²) in [6, 6.07) is 3.42. The zero-order chi connectivity index (χ0) is 12.1. The second kappa shape index (κ2) is 5.06. The van der Waals surface area contributed by atoms with Gasteiger partial charge in [0.2, 0.25) is 0 Å². The van der Waals surface area contributed by atoms with Gasteiger partial charge in [-0.1, -0.05) is 0 Å². The van der Waals surface area contributed by atoms with Crippen LogP contribution in [-0.4, -0.2) is 33.1 Å². The van der Waals surface area contributed by atoms with Crippen LogP contribution in [0.1, 0.15) is 16.2 Å². The van der Waals surface area contributed by atoms with Crippen molar-refractivity contribution in [3.63, 3.8) is 0 Å². The van der Waals surface area contributed by atoms with Crippen molar-refractivity contribution in [2.75, 3.05) is 12.4 Å². The van der Waals surface area contributed by atoms with Gasteiger partial charge in [0, 0.05) is 13.2 Å². The normalized spacial score (nSPS) is 9.94. The third-order valence-corrected chi connectivity index (χ3v) is 2.17. The smallest absolute Gasteiger partial charge is 0.255 e. The minimum absolute atomic E-state index is 0.209. The van der Waals surface area contributed by atoms with Crippen LogP contribution in [0.3, 0.4) is 0 Å². The topological polar surface area (TPSA) is 95.6 Å². The van der Waals surface area contributed by atoms with E-state index in [0.29, 0.717) is 23.8 Å². The molecule has 0 bridgehead atoms. The van der Waals surface area contributed by atoms with Crippen molar-refractivity contribution in [3.05, 3.63) is 36.0 Å². The number of carbonyl (C=O) groups excluding carboxylic acids is 1. The van der Waals surface area contributed by atoms with Crippen LogP contribution in [-0.2, 0) is 6.54 Å². The molecule has 0 fully saturated rings. The number of aromatic nitrogens is 4. The molecule has 3 N–H and O–H groups in total. The third kappa shape index (κ3) is 2.57. The van der Waals surface area contributed by atoms with Crippen molar-refractivity contribution in [3.8, 4) is 0 Å². The molecule has 2 aromatic rings. The Morgan fingerprint density at radius 2 is 2.35 bits per heavy atom. The first-order valence-electron chi connectivity index (χ1n) is 5.06. The van der Waals surface area contributed by atoms with Crippen LogP contribution < -0.4 is 10.6 Å². The Morgan fingerprint density at radius 1 is 1.47 bits per heavy atom. The highest BCUT2D eigenvalue weighted by Crippen LogP contribution is 2.09. The Morgan fingerprint density at radius 3 is 3.06 bits per heavy atom. The van der Waals surface area contributed by atoms with Crippen LogP contribution in [0, 0.1) is 0 Å². The van der Waals surface area contributed by atoms with Crippen LogP contribution in [0.15, 0.2) is 24.7 Å². The van der Waals surface area contributed by atoms with Gasteiger partial charge in [-0.15, -0.1) is 0 Å². The third-order valence-electron chi connectivity index (χ3n) is 2.17. The second-order valence-electron chi connectivity index (χ2n) is 3.26. The molecule has 0 aliphatic heterocycles.